The van der Waals surface area contributed by atoms with Crippen molar-refractivity contribution in [3.8, 4) is 0 Å². The van der Waals surface area contributed by atoms with Crippen LogP contribution in [0, 0.1) is 0 Å². The molecule has 0 radical (unpaired) electrons. The summed E-state index contributed by atoms with van der Waals surface area (Å²) in [6.07, 6.45) is 0. The fraction of sp³-hybridized carbons (Fsp3) is 0.750. The Labute approximate surface area is 47.9 Å². The van der Waals surface area contributed by atoms with Crippen molar-refractivity contribution < 1.29 is 9.90 Å². The number of hydrazine groups is 1. The summed E-state index contributed by atoms with van der Waals surface area (Å²) < 4.78 is 0. The molecule has 3 N–H and O–H groups in total. The van der Waals surface area contributed by atoms with Gasteiger partial charge in [-0.15, -0.1) is 0 Å². The molecule has 0 aliphatic rings. The largest absolute Gasteiger partial charge is 0.480 e. The van der Waals surface area contributed by atoms with Crippen molar-refractivity contribution in [2.75, 3.05) is 13.1 Å². The third-order valence-electron chi connectivity index (χ3n) is 0.745. The van der Waals surface area contributed by atoms with Gasteiger partial charge in [-0.2, -0.15) is 0 Å². The monoisotopic (exact) mass is 118 g/mol. The SMILES string of the molecule is CCN(N)CC(=O)O. The molecule has 0 rings (SSSR count). The predicted octanol–water partition coefficient (Wildman–Crippen LogP) is -0.733. The first-order valence-corrected chi connectivity index (χ1v) is 2.38. The second-order valence-electron chi connectivity index (χ2n) is 1.46. The first kappa shape index (κ1) is 7.39. The number of hydrogen-bond donors (Lipinski definition) is 2. The van der Waals surface area contributed by atoms with Crippen molar-refractivity contribution in [1.82, 2.24) is 5.01 Å². The fourth-order valence-corrected chi connectivity index (χ4v) is 0.286. The van der Waals surface area contributed by atoms with Gasteiger partial charge in [0.25, 0.3) is 0 Å². The van der Waals surface area contributed by atoms with E-state index in [2.05, 4.69) is 0 Å². The van der Waals surface area contributed by atoms with Gasteiger partial charge < -0.3 is 5.11 Å². The molecule has 0 saturated carbocycles. The normalized spacial score (nSPS) is 9.88. The zero-order valence-electron chi connectivity index (χ0n) is 4.79. The Hall–Kier alpha value is -0.610. The molecule has 0 fully saturated rings. The number of hydrogen-bond acceptors (Lipinski definition) is 3. The molecule has 0 aliphatic heterocycles. The molecule has 0 spiro atoms. The topological polar surface area (TPSA) is 66.6 Å². The molecule has 0 atom stereocenters. The Morgan fingerprint density at radius 2 is 2.38 bits per heavy atom. The van der Waals surface area contributed by atoms with Crippen LogP contribution in [0.15, 0.2) is 0 Å². The van der Waals surface area contributed by atoms with Gasteiger partial charge in [0.2, 0.25) is 0 Å². The third-order valence-corrected chi connectivity index (χ3v) is 0.745. The van der Waals surface area contributed by atoms with E-state index < -0.39 is 5.97 Å². The van der Waals surface area contributed by atoms with Crippen molar-refractivity contribution in [3.63, 3.8) is 0 Å². The van der Waals surface area contributed by atoms with E-state index in [1.807, 2.05) is 0 Å². The Morgan fingerprint density at radius 1 is 1.88 bits per heavy atom. The van der Waals surface area contributed by atoms with Crippen LogP contribution in [-0.4, -0.2) is 29.2 Å². The third kappa shape index (κ3) is 3.58. The van der Waals surface area contributed by atoms with Crippen LogP contribution in [0.4, 0.5) is 0 Å². The van der Waals surface area contributed by atoms with Gasteiger partial charge in [0.05, 0.1) is 0 Å². The van der Waals surface area contributed by atoms with Crippen LogP contribution in [0.5, 0.6) is 0 Å². The maximum Gasteiger partial charge on any atom is 0.319 e. The Kier molecular flexibility index (Phi) is 3.14. The second kappa shape index (κ2) is 3.40. The molecule has 0 aliphatic carbocycles. The number of carbonyl (C=O) groups is 1. The number of carboxylic acids is 1. The highest BCUT2D eigenvalue weighted by Crippen LogP contribution is 1.72. The summed E-state index contributed by atoms with van der Waals surface area (Å²) in [5.41, 5.74) is 0. The molecule has 0 aromatic heterocycles. The molecule has 8 heavy (non-hydrogen) atoms. The highest BCUT2D eigenvalue weighted by atomic mass is 16.4. The molecule has 0 unspecified atom stereocenters. The first-order chi connectivity index (χ1) is 3.66. The predicted molar refractivity (Wildman–Crippen MR) is 29.1 cm³/mol. The van der Waals surface area contributed by atoms with Crippen molar-refractivity contribution in [1.29, 1.82) is 0 Å². The maximum absolute atomic E-state index is 9.85. The summed E-state index contributed by atoms with van der Waals surface area (Å²) >= 11 is 0. The Bertz CT molecular complexity index is 84.1. The zero-order valence-corrected chi connectivity index (χ0v) is 4.79. The van der Waals surface area contributed by atoms with E-state index in [0.29, 0.717) is 6.54 Å². The quantitative estimate of drug-likeness (QED) is 0.378. The van der Waals surface area contributed by atoms with Crippen LogP contribution in [-0.2, 0) is 4.79 Å². The van der Waals surface area contributed by atoms with Gasteiger partial charge in [0, 0.05) is 6.54 Å². The van der Waals surface area contributed by atoms with Gasteiger partial charge in [0.15, 0.2) is 0 Å². The van der Waals surface area contributed by atoms with Crippen molar-refractivity contribution in [2.45, 2.75) is 6.92 Å². The summed E-state index contributed by atoms with van der Waals surface area (Å²) in [5, 5.41) is 9.32. The lowest BCUT2D eigenvalue weighted by Gasteiger charge is -2.07. The average Bonchev–Trinajstić information content (AvgIpc) is 1.65. The van der Waals surface area contributed by atoms with Gasteiger partial charge in [-0.3, -0.25) is 10.6 Å². The molecule has 0 saturated heterocycles. The molecule has 48 valence electrons. The minimum absolute atomic E-state index is 0.0868. The number of nitrogens with zero attached hydrogens (tertiary/aromatic N) is 1. The van der Waals surface area contributed by atoms with Gasteiger partial charge in [0.1, 0.15) is 6.54 Å². The molecule has 0 aromatic rings. The smallest absolute Gasteiger partial charge is 0.319 e. The minimum atomic E-state index is -0.894. The van der Waals surface area contributed by atoms with Crippen molar-refractivity contribution in [2.24, 2.45) is 5.84 Å². The van der Waals surface area contributed by atoms with Crippen LogP contribution in [0.3, 0.4) is 0 Å². The summed E-state index contributed by atoms with van der Waals surface area (Å²) in [4.78, 5) is 9.85. The van der Waals surface area contributed by atoms with Gasteiger partial charge in [-0.05, 0) is 0 Å². The summed E-state index contributed by atoms with van der Waals surface area (Å²) in [6.45, 7) is 2.27. The second-order valence-corrected chi connectivity index (χ2v) is 1.46. The Balaban J connectivity index is 3.24. The summed E-state index contributed by atoms with van der Waals surface area (Å²) in [5.74, 6) is 4.23. The van der Waals surface area contributed by atoms with Crippen LogP contribution < -0.4 is 5.84 Å². The first-order valence-electron chi connectivity index (χ1n) is 2.38. The van der Waals surface area contributed by atoms with Crippen LogP contribution in [0.25, 0.3) is 0 Å². The highest BCUT2D eigenvalue weighted by Gasteiger charge is 1.99. The van der Waals surface area contributed by atoms with Crippen molar-refractivity contribution in [3.05, 3.63) is 0 Å². The molecule has 0 bridgehead atoms. The van der Waals surface area contributed by atoms with Gasteiger partial charge in [-0.25, -0.2) is 5.01 Å². The van der Waals surface area contributed by atoms with E-state index in [4.69, 9.17) is 10.9 Å². The molecular weight excluding hydrogens is 108 g/mol. The summed E-state index contributed by atoms with van der Waals surface area (Å²) in [7, 11) is 0. The lowest BCUT2D eigenvalue weighted by Crippen LogP contribution is -2.35. The zero-order chi connectivity index (χ0) is 6.57. The van der Waals surface area contributed by atoms with E-state index in [1.165, 1.54) is 5.01 Å². The van der Waals surface area contributed by atoms with Crippen LogP contribution >= 0.6 is 0 Å². The molecule has 4 heteroatoms. The molecule has 4 nitrogen and oxygen atoms in total. The standard InChI is InChI=1S/C4H10N2O2/c1-2-6(5)3-4(7)8/h2-3,5H2,1H3,(H,7,8). The fourth-order valence-electron chi connectivity index (χ4n) is 0.286. The maximum atomic E-state index is 9.85. The number of nitrogens with two attached hydrogens (primary N) is 1. The van der Waals surface area contributed by atoms with Gasteiger partial charge >= 0.3 is 5.97 Å². The minimum Gasteiger partial charge on any atom is -0.480 e. The van der Waals surface area contributed by atoms with Crippen LogP contribution in [0.1, 0.15) is 6.92 Å². The number of aliphatic carboxylic acids is 1. The van der Waals surface area contributed by atoms with Crippen molar-refractivity contribution >= 4 is 5.97 Å². The number of rotatable bonds is 3. The molecule has 0 amide bonds. The van der Waals surface area contributed by atoms with E-state index in [1.54, 1.807) is 6.92 Å². The lowest BCUT2D eigenvalue weighted by atomic mass is 10.6. The van der Waals surface area contributed by atoms with E-state index in [9.17, 15) is 4.79 Å². The Morgan fingerprint density at radius 3 is 2.50 bits per heavy atom. The number of carboxylic acid groups (broad SMARTS) is 1. The van der Waals surface area contributed by atoms with E-state index >= 15 is 0 Å². The lowest BCUT2D eigenvalue weighted by molar-refractivity contribution is -0.138. The summed E-state index contributed by atoms with van der Waals surface area (Å²) in [6, 6.07) is 0. The van der Waals surface area contributed by atoms with E-state index in [0.717, 1.165) is 0 Å². The van der Waals surface area contributed by atoms with Gasteiger partial charge in [-0.1, -0.05) is 6.92 Å². The van der Waals surface area contributed by atoms with Crippen LogP contribution in [0.2, 0.25) is 0 Å². The average molecular weight is 118 g/mol. The van der Waals surface area contributed by atoms with E-state index in [-0.39, 0.29) is 6.54 Å². The molecular formula is C4H10N2O2. The molecule has 0 aromatic carbocycles. The highest BCUT2D eigenvalue weighted by molar-refractivity contribution is 5.68. The number of likely N-dealkylation sites (N-methyl/N-ethyl adjacent to an activating group) is 1. The molecule has 0 heterocycles.